The summed E-state index contributed by atoms with van der Waals surface area (Å²) >= 11 is 0. The van der Waals surface area contributed by atoms with Crippen LogP contribution in [-0.2, 0) is 16.0 Å². The Kier molecular flexibility index (Phi) is 10.0. The van der Waals surface area contributed by atoms with Gasteiger partial charge in [0.05, 0.1) is 5.56 Å². The van der Waals surface area contributed by atoms with E-state index in [1.807, 2.05) is 45.0 Å². The number of carboxylic acids is 1. The Hall–Kier alpha value is -4.45. The van der Waals surface area contributed by atoms with Gasteiger partial charge in [-0.25, -0.2) is 0 Å². The Morgan fingerprint density at radius 1 is 1.05 bits per heavy atom. The largest absolute Gasteiger partial charge is 0.508 e. The number of aromatic nitrogens is 3. The van der Waals surface area contributed by atoms with Gasteiger partial charge in [0.25, 0.3) is 5.91 Å². The van der Waals surface area contributed by atoms with E-state index < -0.39 is 17.9 Å². The van der Waals surface area contributed by atoms with E-state index in [-0.39, 0.29) is 47.8 Å². The number of aliphatic carboxylic acids is 1. The number of piperidine rings is 1. The van der Waals surface area contributed by atoms with E-state index in [2.05, 4.69) is 15.5 Å². The second kappa shape index (κ2) is 13.7. The molecule has 2 heterocycles. The highest BCUT2D eigenvalue weighted by Gasteiger charge is 2.26. The van der Waals surface area contributed by atoms with Gasteiger partial charge in [0.15, 0.2) is 5.82 Å². The van der Waals surface area contributed by atoms with E-state index >= 15 is 0 Å². The summed E-state index contributed by atoms with van der Waals surface area (Å²) in [4.78, 5) is 38.1. The SMILES string of the molecule is CCNC(=O)c1nnc(-c2cc(C(C)C)c(O)cc2O)n1-c1ccc(CC2CCN(C(=O)CC[C@H](N)C(=O)O)CC2)cc1. The van der Waals surface area contributed by atoms with Crippen molar-refractivity contribution in [1.29, 1.82) is 0 Å². The Balaban J connectivity index is 1.51. The number of phenolic OH excluding ortho intramolecular Hbond substituents is 2. The van der Waals surface area contributed by atoms with Crippen LogP contribution in [0.15, 0.2) is 36.4 Å². The molecule has 0 bridgehead atoms. The number of likely N-dealkylation sites (tertiary alicyclic amines) is 1. The van der Waals surface area contributed by atoms with Crippen LogP contribution in [0.4, 0.5) is 0 Å². The number of carbonyl (C=O) groups excluding carboxylic acids is 2. The van der Waals surface area contributed by atoms with Gasteiger partial charge in [0, 0.05) is 37.8 Å². The summed E-state index contributed by atoms with van der Waals surface area (Å²) in [5.41, 5.74) is 8.25. The molecule has 2 amide bonds. The lowest BCUT2D eigenvalue weighted by molar-refractivity contribution is -0.139. The first-order chi connectivity index (χ1) is 20.5. The van der Waals surface area contributed by atoms with Crippen LogP contribution >= 0.6 is 0 Å². The maximum Gasteiger partial charge on any atom is 0.320 e. The number of phenols is 2. The minimum Gasteiger partial charge on any atom is -0.508 e. The third-order valence-electron chi connectivity index (χ3n) is 7.88. The molecule has 1 atom stereocenters. The standard InChI is InChI=1S/C31H40N6O6/c1-4-33-30(41)29-35-34-28(23-16-22(18(2)3)25(38)17-26(23)39)37(29)21-7-5-19(6-8-21)15-20-11-13-36(14-12-20)27(40)10-9-24(32)31(42)43/h5-8,16-18,20,24,38-39H,4,9-15,32H2,1-3H3,(H,33,41)(H,42,43)/t24-/m0/s1. The number of nitrogens with zero attached hydrogens (tertiary/aromatic N) is 4. The van der Waals surface area contributed by atoms with Crippen LogP contribution in [0, 0.1) is 5.92 Å². The molecule has 0 saturated carbocycles. The lowest BCUT2D eigenvalue weighted by Crippen LogP contribution is -2.40. The molecule has 1 aliphatic rings. The maximum absolute atomic E-state index is 12.9. The van der Waals surface area contributed by atoms with Gasteiger partial charge in [-0.1, -0.05) is 26.0 Å². The van der Waals surface area contributed by atoms with Crippen molar-refractivity contribution >= 4 is 17.8 Å². The first-order valence-electron chi connectivity index (χ1n) is 14.6. The molecule has 12 heteroatoms. The van der Waals surface area contributed by atoms with Gasteiger partial charge < -0.3 is 31.3 Å². The highest BCUT2D eigenvalue weighted by atomic mass is 16.4. The van der Waals surface area contributed by atoms with Gasteiger partial charge in [-0.05, 0) is 73.8 Å². The quantitative estimate of drug-likeness (QED) is 0.223. The first kappa shape index (κ1) is 31.5. The number of amides is 2. The van der Waals surface area contributed by atoms with E-state index in [1.165, 1.54) is 6.07 Å². The number of carboxylic acid groups (broad SMARTS) is 1. The molecule has 230 valence electrons. The minimum atomic E-state index is -1.10. The molecule has 4 rings (SSSR count). The summed E-state index contributed by atoms with van der Waals surface area (Å²) in [6, 6.07) is 9.67. The van der Waals surface area contributed by atoms with Crippen molar-refractivity contribution < 1.29 is 29.7 Å². The normalized spacial score (nSPS) is 14.6. The van der Waals surface area contributed by atoms with Gasteiger partial charge in [-0.2, -0.15) is 0 Å². The molecular formula is C31H40N6O6. The molecule has 1 aliphatic heterocycles. The molecular weight excluding hydrogens is 552 g/mol. The highest BCUT2D eigenvalue weighted by molar-refractivity contribution is 5.92. The van der Waals surface area contributed by atoms with E-state index in [4.69, 9.17) is 10.8 Å². The number of aromatic hydroxyl groups is 2. The van der Waals surface area contributed by atoms with Crippen LogP contribution in [0.5, 0.6) is 11.5 Å². The predicted octanol–water partition coefficient (Wildman–Crippen LogP) is 3.19. The Labute approximate surface area is 250 Å². The second-order valence-electron chi connectivity index (χ2n) is 11.3. The lowest BCUT2D eigenvalue weighted by atomic mass is 9.90. The number of nitrogens with two attached hydrogens (primary N) is 1. The second-order valence-corrected chi connectivity index (χ2v) is 11.3. The van der Waals surface area contributed by atoms with Crippen LogP contribution in [0.3, 0.4) is 0 Å². The molecule has 0 unspecified atom stereocenters. The van der Waals surface area contributed by atoms with Crippen LogP contribution in [-0.4, -0.2) is 78.4 Å². The Morgan fingerprint density at radius 2 is 1.72 bits per heavy atom. The van der Waals surface area contributed by atoms with Crippen LogP contribution in [0.2, 0.25) is 0 Å². The van der Waals surface area contributed by atoms with Gasteiger partial charge in [0.2, 0.25) is 11.7 Å². The molecule has 43 heavy (non-hydrogen) atoms. The van der Waals surface area contributed by atoms with Crippen LogP contribution in [0.25, 0.3) is 17.1 Å². The van der Waals surface area contributed by atoms with Gasteiger partial charge >= 0.3 is 5.97 Å². The number of rotatable bonds is 11. The molecule has 12 nitrogen and oxygen atoms in total. The van der Waals surface area contributed by atoms with Gasteiger partial charge in [-0.3, -0.25) is 19.0 Å². The zero-order valence-corrected chi connectivity index (χ0v) is 24.8. The topological polar surface area (TPSA) is 184 Å². The predicted molar refractivity (Wildman–Crippen MR) is 160 cm³/mol. The minimum absolute atomic E-state index is 0.0157. The molecule has 1 aromatic heterocycles. The lowest BCUT2D eigenvalue weighted by Gasteiger charge is -2.32. The zero-order valence-electron chi connectivity index (χ0n) is 24.8. The van der Waals surface area contributed by atoms with Crippen molar-refractivity contribution in [3.8, 4) is 28.6 Å². The number of carbonyl (C=O) groups is 3. The molecule has 0 aliphatic carbocycles. The van der Waals surface area contributed by atoms with E-state index in [1.54, 1.807) is 15.5 Å². The monoisotopic (exact) mass is 592 g/mol. The smallest absolute Gasteiger partial charge is 0.320 e. The van der Waals surface area contributed by atoms with Crippen molar-refractivity contribution in [3.05, 3.63) is 53.3 Å². The average molecular weight is 593 g/mol. The summed E-state index contributed by atoms with van der Waals surface area (Å²) < 4.78 is 1.60. The van der Waals surface area contributed by atoms with Gasteiger partial charge in [0.1, 0.15) is 17.5 Å². The molecule has 6 N–H and O–H groups in total. The number of benzene rings is 2. The van der Waals surface area contributed by atoms with Gasteiger partial charge in [-0.15, -0.1) is 10.2 Å². The summed E-state index contributed by atoms with van der Waals surface area (Å²) in [6.45, 7) is 7.32. The molecule has 0 spiro atoms. The highest BCUT2D eigenvalue weighted by Crippen LogP contribution is 2.38. The third-order valence-corrected chi connectivity index (χ3v) is 7.88. The van der Waals surface area contributed by atoms with Crippen molar-refractivity contribution in [1.82, 2.24) is 25.0 Å². The zero-order chi connectivity index (χ0) is 31.3. The van der Waals surface area contributed by atoms with E-state index in [9.17, 15) is 24.6 Å². The van der Waals surface area contributed by atoms with Crippen molar-refractivity contribution in [2.45, 2.75) is 64.8 Å². The Bertz CT molecular complexity index is 1460. The fourth-order valence-electron chi connectivity index (χ4n) is 5.39. The number of nitrogens with one attached hydrogen (secondary N) is 1. The summed E-state index contributed by atoms with van der Waals surface area (Å²) in [6.07, 6.45) is 2.76. The molecule has 2 aromatic carbocycles. The summed E-state index contributed by atoms with van der Waals surface area (Å²) in [5.74, 6) is -1.05. The molecule has 1 saturated heterocycles. The van der Waals surface area contributed by atoms with Crippen molar-refractivity contribution in [2.75, 3.05) is 19.6 Å². The van der Waals surface area contributed by atoms with Crippen LogP contribution in [0.1, 0.15) is 74.1 Å². The third kappa shape index (κ3) is 7.31. The first-order valence-corrected chi connectivity index (χ1v) is 14.6. The molecule has 1 fully saturated rings. The number of hydrogen-bond acceptors (Lipinski definition) is 8. The van der Waals surface area contributed by atoms with E-state index in [0.29, 0.717) is 42.4 Å². The summed E-state index contributed by atoms with van der Waals surface area (Å²) in [5, 5.41) is 41.2. The van der Waals surface area contributed by atoms with Crippen molar-refractivity contribution in [2.24, 2.45) is 11.7 Å². The maximum atomic E-state index is 12.9. The van der Waals surface area contributed by atoms with Crippen LogP contribution < -0.4 is 11.1 Å². The average Bonchev–Trinajstić information content (AvgIpc) is 3.41. The molecule has 3 aromatic rings. The fourth-order valence-corrected chi connectivity index (χ4v) is 5.39. The Morgan fingerprint density at radius 3 is 2.33 bits per heavy atom. The summed E-state index contributed by atoms with van der Waals surface area (Å²) in [7, 11) is 0. The number of hydrogen-bond donors (Lipinski definition) is 5. The van der Waals surface area contributed by atoms with Crippen molar-refractivity contribution in [3.63, 3.8) is 0 Å². The van der Waals surface area contributed by atoms with E-state index in [0.717, 1.165) is 24.8 Å². The fraction of sp³-hybridized carbons (Fsp3) is 0.452. The molecule has 0 radical (unpaired) electrons.